The minimum atomic E-state index is -3.74. The van der Waals surface area contributed by atoms with Gasteiger partial charge in [-0.25, -0.2) is 13.6 Å². The molecule has 146 valence electrons. The Morgan fingerprint density at radius 2 is 1.70 bits per heavy atom. The van der Waals surface area contributed by atoms with E-state index in [4.69, 9.17) is 17.4 Å². The molecule has 0 aliphatic heterocycles. The van der Waals surface area contributed by atoms with Crippen molar-refractivity contribution in [3.63, 3.8) is 0 Å². The zero-order chi connectivity index (χ0) is 20.2. The molecule has 0 heterocycles. The number of halogens is 2. The third-order valence-corrected chi connectivity index (χ3v) is 5.24. The quantitative estimate of drug-likeness (QED) is 0.704. The van der Waals surface area contributed by atoms with Crippen LogP contribution >= 0.6 is 12.2 Å². The Hall–Kier alpha value is -2.30. The fraction of sp³-hybridized carbons (Fsp3) is 0.235. The monoisotopic (exact) mass is 415 g/mol. The lowest BCUT2D eigenvalue weighted by molar-refractivity contribution is -0.0498. The molecule has 0 radical (unpaired) electrons. The van der Waals surface area contributed by atoms with Crippen LogP contribution in [-0.4, -0.2) is 32.1 Å². The van der Waals surface area contributed by atoms with E-state index in [2.05, 4.69) is 10.1 Å². The van der Waals surface area contributed by atoms with Gasteiger partial charge in [0.2, 0.25) is 10.0 Å². The van der Waals surface area contributed by atoms with Gasteiger partial charge in [0.25, 0.3) is 0 Å². The predicted octanol–water partition coefficient (Wildman–Crippen LogP) is 3.33. The molecule has 0 fully saturated rings. The smallest absolute Gasteiger partial charge is 0.387 e. The molecule has 0 bridgehead atoms. The van der Waals surface area contributed by atoms with E-state index >= 15 is 0 Å². The minimum absolute atomic E-state index is 0.0351. The van der Waals surface area contributed by atoms with E-state index in [9.17, 15) is 17.2 Å². The van der Waals surface area contributed by atoms with Crippen molar-refractivity contribution < 1.29 is 21.9 Å². The van der Waals surface area contributed by atoms with E-state index in [1.807, 2.05) is 6.92 Å². The molecule has 0 aliphatic rings. The van der Waals surface area contributed by atoms with Crippen molar-refractivity contribution in [3.8, 4) is 5.75 Å². The van der Waals surface area contributed by atoms with Gasteiger partial charge in [-0.15, -0.1) is 0 Å². The highest BCUT2D eigenvalue weighted by molar-refractivity contribution is 7.89. The van der Waals surface area contributed by atoms with Crippen LogP contribution in [0.25, 0.3) is 0 Å². The number of nitrogens with two attached hydrogens (primary N) is 1. The maximum absolute atomic E-state index is 12.2. The van der Waals surface area contributed by atoms with Crippen LogP contribution in [0.5, 0.6) is 5.75 Å². The standard InChI is InChI=1S/C17H19F2N3O3S2/c1-11(12-3-9-15(10-4-12)27(20,23)24)22(2)17(26)21-13-5-7-14(8-6-13)25-16(18)19/h3-11,16H,1-2H3,(H,21,26)(H2,20,23,24)/t11-/m1/s1. The van der Waals surface area contributed by atoms with E-state index in [1.54, 1.807) is 36.2 Å². The Bertz CT molecular complexity index is 889. The third-order valence-electron chi connectivity index (χ3n) is 3.92. The van der Waals surface area contributed by atoms with Crippen LogP contribution in [0.4, 0.5) is 14.5 Å². The molecule has 0 saturated heterocycles. The summed E-state index contributed by atoms with van der Waals surface area (Å²) < 4.78 is 51.3. The summed E-state index contributed by atoms with van der Waals surface area (Å²) in [4.78, 5) is 1.82. The van der Waals surface area contributed by atoms with E-state index in [1.165, 1.54) is 24.3 Å². The molecule has 0 aliphatic carbocycles. The molecule has 2 aromatic carbocycles. The molecular weight excluding hydrogens is 396 g/mol. The van der Waals surface area contributed by atoms with Crippen LogP contribution in [0, 0.1) is 0 Å². The summed E-state index contributed by atoms with van der Waals surface area (Å²) in [6.07, 6.45) is 0. The minimum Gasteiger partial charge on any atom is -0.435 e. The number of hydrogen-bond acceptors (Lipinski definition) is 4. The largest absolute Gasteiger partial charge is 0.435 e. The second-order valence-corrected chi connectivity index (χ2v) is 7.68. The van der Waals surface area contributed by atoms with Crippen LogP contribution < -0.4 is 15.2 Å². The SMILES string of the molecule is C[C@H](c1ccc(S(N)(=O)=O)cc1)N(C)C(=S)Nc1ccc(OC(F)F)cc1. The van der Waals surface area contributed by atoms with Gasteiger partial charge < -0.3 is 15.0 Å². The highest BCUT2D eigenvalue weighted by atomic mass is 32.2. The number of alkyl halides is 2. The number of hydrogen-bond donors (Lipinski definition) is 2. The van der Waals surface area contributed by atoms with Crippen LogP contribution in [0.1, 0.15) is 18.5 Å². The van der Waals surface area contributed by atoms with E-state index in [0.717, 1.165) is 5.56 Å². The molecule has 2 aromatic rings. The Morgan fingerprint density at radius 1 is 1.15 bits per heavy atom. The van der Waals surface area contributed by atoms with Gasteiger partial charge in [0.1, 0.15) is 5.75 Å². The van der Waals surface area contributed by atoms with Gasteiger partial charge in [-0.1, -0.05) is 12.1 Å². The Balaban J connectivity index is 2.03. The number of anilines is 1. The maximum atomic E-state index is 12.2. The fourth-order valence-corrected chi connectivity index (χ4v) is 3.06. The van der Waals surface area contributed by atoms with Crippen molar-refractivity contribution in [2.45, 2.75) is 24.5 Å². The lowest BCUT2D eigenvalue weighted by Gasteiger charge is -2.28. The highest BCUT2D eigenvalue weighted by Crippen LogP contribution is 2.22. The molecule has 1 atom stereocenters. The van der Waals surface area contributed by atoms with E-state index in [0.29, 0.717) is 10.8 Å². The second kappa shape index (κ2) is 8.59. The first-order chi connectivity index (χ1) is 12.6. The number of primary sulfonamides is 1. The highest BCUT2D eigenvalue weighted by Gasteiger charge is 2.16. The number of sulfonamides is 1. The molecule has 10 heteroatoms. The average Bonchev–Trinajstić information content (AvgIpc) is 2.61. The first-order valence-corrected chi connectivity index (χ1v) is 9.75. The Morgan fingerprint density at radius 3 is 2.19 bits per heavy atom. The van der Waals surface area contributed by atoms with Gasteiger partial charge >= 0.3 is 6.61 Å². The number of nitrogens with one attached hydrogen (secondary N) is 1. The predicted molar refractivity (Wildman–Crippen MR) is 103 cm³/mol. The molecule has 0 saturated carbocycles. The molecule has 0 aromatic heterocycles. The van der Waals surface area contributed by atoms with Crippen molar-refractivity contribution in [2.75, 3.05) is 12.4 Å². The van der Waals surface area contributed by atoms with Gasteiger partial charge in [-0.2, -0.15) is 8.78 Å². The molecule has 6 nitrogen and oxygen atoms in total. The number of rotatable bonds is 6. The fourth-order valence-electron chi connectivity index (χ4n) is 2.27. The van der Waals surface area contributed by atoms with Crippen molar-refractivity contribution in [1.29, 1.82) is 0 Å². The van der Waals surface area contributed by atoms with Crippen molar-refractivity contribution in [3.05, 3.63) is 54.1 Å². The molecule has 0 spiro atoms. The van der Waals surface area contributed by atoms with E-state index in [-0.39, 0.29) is 16.7 Å². The summed E-state index contributed by atoms with van der Waals surface area (Å²) >= 11 is 5.37. The Kier molecular flexibility index (Phi) is 6.68. The number of nitrogens with zero attached hydrogens (tertiary/aromatic N) is 1. The van der Waals surface area contributed by atoms with Crippen molar-refractivity contribution >= 4 is 33.0 Å². The van der Waals surface area contributed by atoms with Gasteiger partial charge in [-0.05, 0) is 61.1 Å². The summed E-state index contributed by atoms with van der Waals surface area (Å²) in [5, 5.41) is 8.50. The zero-order valence-corrected chi connectivity index (χ0v) is 16.2. The number of thiocarbonyl (C=S) groups is 1. The van der Waals surface area contributed by atoms with Crippen molar-refractivity contribution in [1.82, 2.24) is 4.90 Å². The normalized spacial score (nSPS) is 12.5. The average molecular weight is 415 g/mol. The third kappa shape index (κ3) is 5.84. The van der Waals surface area contributed by atoms with Gasteiger partial charge in [0.15, 0.2) is 5.11 Å². The second-order valence-electron chi connectivity index (χ2n) is 5.73. The van der Waals surface area contributed by atoms with Crippen LogP contribution in [0.15, 0.2) is 53.4 Å². The van der Waals surface area contributed by atoms with Gasteiger partial charge in [-0.3, -0.25) is 0 Å². The summed E-state index contributed by atoms with van der Waals surface area (Å²) in [6.45, 7) is -0.975. The first-order valence-electron chi connectivity index (χ1n) is 7.79. The summed E-state index contributed by atoms with van der Waals surface area (Å²) in [5.74, 6) is 0.0538. The number of ether oxygens (including phenoxy) is 1. The van der Waals surface area contributed by atoms with Gasteiger partial charge in [0.05, 0.1) is 10.9 Å². The van der Waals surface area contributed by atoms with Crippen LogP contribution in [0.2, 0.25) is 0 Å². The summed E-state index contributed by atoms with van der Waals surface area (Å²) in [7, 11) is -1.96. The lowest BCUT2D eigenvalue weighted by atomic mass is 10.1. The zero-order valence-electron chi connectivity index (χ0n) is 14.6. The molecule has 0 unspecified atom stereocenters. The molecule has 2 rings (SSSR count). The van der Waals surface area contributed by atoms with Gasteiger partial charge in [0, 0.05) is 12.7 Å². The van der Waals surface area contributed by atoms with Crippen LogP contribution in [0.3, 0.4) is 0 Å². The van der Waals surface area contributed by atoms with Crippen molar-refractivity contribution in [2.24, 2.45) is 5.14 Å². The molecule has 27 heavy (non-hydrogen) atoms. The lowest BCUT2D eigenvalue weighted by Crippen LogP contribution is -2.33. The topological polar surface area (TPSA) is 84.7 Å². The summed E-state index contributed by atoms with van der Waals surface area (Å²) in [6, 6.07) is 12.0. The first kappa shape index (κ1) is 21.0. The molecular formula is C17H19F2N3O3S2. The maximum Gasteiger partial charge on any atom is 0.387 e. The van der Waals surface area contributed by atoms with E-state index < -0.39 is 16.6 Å². The molecule has 0 amide bonds. The molecule has 3 N–H and O–H groups in total. The Labute approximate surface area is 162 Å². The summed E-state index contributed by atoms with van der Waals surface area (Å²) in [5.41, 5.74) is 1.46. The number of benzene rings is 2. The van der Waals surface area contributed by atoms with Crippen LogP contribution in [-0.2, 0) is 10.0 Å².